The average molecular weight is 407 g/mol. The lowest BCUT2D eigenvalue weighted by Crippen LogP contribution is -2.47. The highest BCUT2D eigenvalue weighted by atomic mass is 32.1. The van der Waals surface area contributed by atoms with E-state index in [1.54, 1.807) is 26.0 Å². The summed E-state index contributed by atoms with van der Waals surface area (Å²) in [5, 5.41) is 0.589. The predicted molar refractivity (Wildman–Crippen MR) is 101 cm³/mol. The summed E-state index contributed by atoms with van der Waals surface area (Å²) < 4.78 is 34.3. The van der Waals surface area contributed by atoms with Crippen LogP contribution in [0.1, 0.15) is 37.3 Å². The van der Waals surface area contributed by atoms with Gasteiger partial charge in [-0.15, -0.1) is 11.3 Å². The van der Waals surface area contributed by atoms with Gasteiger partial charge in [0.1, 0.15) is 16.7 Å². The van der Waals surface area contributed by atoms with Crippen LogP contribution in [0.5, 0.6) is 5.75 Å². The normalized spacial score (nSPS) is 19.1. The second-order valence-electron chi connectivity index (χ2n) is 6.78. The first-order valence-electron chi connectivity index (χ1n) is 8.65. The fraction of sp³-hybridized carbons (Fsp3) is 0.350. The third-order valence-electron chi connectivity index (χ3n) is 4.42. The number of thiazole rings is 1. The van der Waals surface area contributed by atoms with Crippen molar-refractivity contribution in [3.63, 3.8) is 0 Å². The first-order chi connectivity index (χ1) is 13.1. The van der Waals surface area contributed by atoms with E-state index in [2.05, 4.69) is 16.3 Å². The third kappa shape index (κ3) is 3.69. The van der Waals surface area contributed by atoms with Crippen molar-refractivity contribution in [3.8, 4) is 16.3 Å². The molecule has 1 atom stereocenters. The second kappa shape index (κ2) is 7.43. The zero-order valence-electron chi connectivity index (χ0n) is 15.6. The molecule has 2 heterocycles. The zero-order chi connectivity index (χ0) is 20.6. The van der Waals surface area contributed by atoms with Gasteiger partial charge < -0.3 is 9.47 Å². The Balaban J connectivity index is 2.00. The van der Waals surface area contributed by atoms with Crippen molar-refractivity contribution >= 4 is 22.9 Å². The fourth-order valence-electron chi connectivity index (χ4n) is 3.03. The number of ether oxygens (including phenoxy) is 2. The molecule has 1 aliphatic rings. The van der Waals surface area contributed by atoms with Crippen LogP contribution in [-0.2, 0) is 20.7 Å². The van der Waals surface area contributed by atoms with Gasteiger partial charge in [0.2, 0.25) is 5.78 Å². The minimum Gasteiger partial charge on any atom is -0.477 e. The van der Waals surface area contributed by atoms with Crippen LogP contribution in [0.25, 0.3) is 10.6 Å². The minimum atomic E-state index is -2.90. The van der Waals surface area contributed by atoms with E-state index in [9.17, 15) is 18.4 Å². The Labute approximate surface area is 165 Å². The number of ketones is 2. The van der Waals surface area contributed by atoms with E-state index in [1.807, 2.05) is 6.92 Å². The molecule has 0 bridgehead atoms. The number of Topliss-reactive ketones (excluding diaryl/α,β-unsaturated/α-hetero) is 2. The lowest BCUT2D eigenvalue weighted by molar-refractivity contribution is -0.150. The largest absolute Gasteiger partial charge is 0.477 e. The van der Waals surface area contributed by atoms with E-state index in [0.29, 0.717) is 22.7 Å². The molecular weight excluding hydrogens is 388 g/mol. The van der Waals surface area contributed by atoms with Crippen molar-refractivity contribution in [1.82, 2.24) is 4.98 Å². The summed E-state index contributed by atoms with van der Waals surface area (Å²) in [4.78, 5) is 30.8. The quantitative estimate of drug-likeness (QED) is 0.539. The summed E-state index contributed by atoms with van der Waals surface area (Å²) in [6, 6.07) is 6.06. The SMILES string of the molecule is C=C1OC(C)(C)C(=O)C(c2nc(-c3ccc(OC(F)F)cc3)sc2CC)C1=O. The van der Waals surface area contributed by atoms with Crippen LogP contribution in [-0.4, -0.2) is 28.8 Å². The molecule has 0 saturated carbocycles. The second-order valence-corrected chi connectivity index (χ2v) is 7.86. The Morgan fingerprint density at radius 2 is 1.93 bits per heavy atom. The first-order valence-corrected chi connectivity index (χ1v) is 9.47. The number of benzene rings is 1. The van der Waals surface area contributed by atoms with Crippen molar-refractivity contribution in [2.75, 3.05) is 0 Å². The summed E-state index contributed by atoms with van der Waals surface area (Å²) in [6.07, 6.45) is 0.588. The molecule has 0 spiro atoms. The molecule has 0 amide bonds. The van der Waals surface area contributed by atoms with Crippen LogP contribution in [0, 0.1) is 0 Å². The molecule has 5 nitrogen and oxygen atoms in total. The molecule has 28 heavy (non-hydrogen) atoms. The van der Waals surface area contributed by atoms with Crippen molar-refractivity contribution < 1.29 is 27.8 Å². The van der Waals surface area contributed by atoms with Gasteiger partial charge in [-0.25, -0.2) is 4.98 Å². The topological polar surface area (TPSA) is 65.5 Å². The van der Waals surface area contributed by atoms with E-state index in [0.717, 1.165) is 4.88 Å². The van der Waals surface area contributed by atoms with Crippen LogP contribution in [0.15, 0.2) is 36.6 Å². The Morgan fingerprint density at radius 1 is 1.29 bits per heavy atom. The molecule has 2 aromatic rings. The van der Waals surface area contributed by atoms with Crippen LogP contribution >= 0.6 is 11.3 Å². The van der Waals surface area contributed by atoms with Crippen molar-refractivity contribution in [2.45, 2.75) is 45.3 Å². The van der Waals surface area contributed by atoms with Gasteiger partial charge in [-0.2, -0.15) is 8.78 Å². The summed E-state index contributed by atoms with van der Waals surface area (Å²) in [7, 11) is 0. The number of hydrogen-bond acceptors (Lipinski definition) is 6. The zero-order valence-corrected chi connectivity index (χ0v) is 16.4. The molecule has 0 N–H and O–H groups in total. The average Bonchev–Trinajstić information content (AvgIpc) is 3.04. The van der Waals surface area contributed by atoms with E-state index in [-0.39, 0.29) is 17.3 Å². The molecule has 0 radical (unpaired) electrons. The van der Waals surface area contributed by atoms with Gasteiger partial charge in [0.05, 0.1) is 5.69 Å². The number of allylic oxidation sites excluding steroid dienone is 1. The van der Waals surface area contributed by atoms with Crippen LogP contribution in [0.2, 0.25) is 0 Å². The number of hydrogen-bond donors (Lipinski definition) is 0. The van der Waals surface area contributed by atoms with E-state index in [4.69, 9.17) is 4.74 Å². The minimum absolute atomic E-state index is 0.0408. The van der Waals surface area contributed by atoms with Crippen LogP contribution < -0.4 is 4.74 Å². The Bertz CT molecular complexity index is 934. The lowest BCUT2D eigenvalue weighted by Gasteiger charge is -2.34. The van der Waals surface area contributed by atoms with Crippen LogP contribution in [0.4, 0.5) is 8.78 Å². The van der Waals surface area contributed by atoms with E-state index in [1.165, 1.54) is 23.5 Å². The molecule has 148 valence electrons. The monoisotopic (exact) mass is 407 g/mol. The molecule has 1 fully saturated rings. The Morgan fingerprint density at radius 3 is 2.50 bits per heavy atom. The fourth-order valence-corrected chi connectivity index (χ4v) is 4.07. The van der Waals surface area contributed by atoms with Gasteiger partial charge in [-0.1, -0.05) is 13.5 Å². The van der Waals surface area contributed by atoms with Crippen molar-refractivity contribution in [1.29, 1.82) is 0 Å². The number of nitrogens with zero attached hydrogens (tertiary/aromatic N) is 1. The van der Waals surface area contributed by atoms with Crippen LogP contribution in [0.3, 0.4) is 0 Å². The molecule has 8 heteroatoms. The number of halogens is 2. The number of aromatic nitrogens is 1. The van der Waals surface area contributed by atoms with Gasteiger partial charge in [-0.3, -0.25) is 9.59 Å². The molecule has 1 unspecified atom stereocenters. The number of rotatable bonds is 5. The molecular formula is C20H19F2NO4S. The number of carbonyl (C=O) groups excluding carboxylic acids is 2. The highest BCUT2D eigenvalue weighted by Crippen LogP contribution is 2.39. The summed E-state index contributed by atoms with van der Waals surface area (Å²) >= 11 is 1.36. The smallest absolute Gasteiger partial charge is 0.387 e. The Kier molecular flexibility index (Phi) is 5.34. The number of aryl methyl sites for hydroxylation is 1. The molecule has 1 aliphatic heterocycles. The molecule has 1 aromatic heterocycles. The standard InChI is InChI=1S/C20H19F2NO4S/c1-5-13-15(14-16(24)10(2)27-20(3,4)17(14)25)23-18(28-13)11-6-8-12(9-7-11)26-19(21)22/h6-9,14,19H,2,5H2,1,3-4H3. The third-order valence-corrected chi connectivity index (χ3v) is 5.68. The molecule has 1 aromatic carbocycles. The maximum Gasteiger partial charge on any atom is 0.387 e. The highest BCUT2D eigenvalue weighted by molar-refractivity contribution is 7.15. The van der Waals surface area contributed by atoms with Crippen molar-refractivity contribution in [3.05, 3.63) is 47.2 Å². The Hall–Kier alpha value is -2.61. The van der Waals surface area contributed by atoms with Gasteiger partial charge in [0.15, 0.2) is 17.1 Å². The lowest BCUT2D eigenvalue weighted by atomic mass is 9.82. The summed E-state index contributed by atoms with van der Waals surface area (Å²) in [5.41, 5.74) is -0.0841. The maximum atomic E-state index is 12.9. The van der Waals surface area contributed by atoms with Gasteiger partial charge in [-0.05, 0) is 44.5 Å². The van der Waals surface area contributed by atoms with Crippen molar-refractivity contribution in [2.24, 2.45) is 0 Å². The summed E-state index contributed by atoms with van der Waals surface area (Å²) in [5.74, 6) is -1.93. The number of carbonyl (C=O) groups is 2. The van der Waals surface area contributed by atoms with E-state index < -0.39 is 23.9 Å². The van der Waals surface area contributed by atoms with Gasteiger partial charge in [0.25, 0.3) is 0 Å². The molecule has 0 aliphatic carbocycles. The first kappa shape index (κ1) is 20.1. The summed E-state index contributed by atoms with van der Waals surface area (Å²) in [6.45, 7) is 5.84. The van der Waals surface area contributed by atoms with E-state index >= 15 is 0 Å². The highest BCUT2D eigenvalue weighted by Gasteiger charge is 2.48. The molecule has 1 saturated heterocycles. The molecule has 3 rings (SSSR count). The number of alkyl halides is 2. The van der Waals surface area contributed by atoms with Gasteiger partial charge in [0, 0.05) is 10.4 Å². The van der Waals surface area contributed by atoms with Gasteiger partial charge >= 0.3 is 6.61 Å². The maximum absolute atomic E-state index is 12.9. The predicted octanol–water partition coefficient (Wildman–Crippen LogP) is 4.52.